The fourth-order valence-electron chi connectivity index (χ4n) is 4.65. The Morgan fingerprint density at radius 3 is 2.28 bits per heavy atom. The third-order valence-electron chi connectivity index (χ3n) is 7.29. The molecule has 5 rings (SSSR count). The van der Waals surface area contributed by atoms with E-state index in [2.05, 4.69) is 31.0 Å². The van der Waals surface area contributed by atoms with Gasteiger partial charge in [0.15, 0.2) is 16.9 Å². The molecule has 1 saturated heterocycles. The molecular weight excluding hydrogens is 766 g/mol. The third kappa shape index (κ3) is 10.2. The number of hydrogen-bond donors (Lipinski definition) is 3. The van der Waals surface area contributed by atoms with E-state index >= 15 is 0 Å². The summed E-state index contributed by atoms with van der Waals surface area (Å²) in [5.74, 6) is -4.30. The maximum absolute atomic E-state index is 13.6. The van der Waals surface area contributed by atoms with Gasteiger partial charge in [-0.15, -0.1) is 16.4 Å². The van der Waals surface area contributed by atoms with Crippen molar-refractivity contribution in [3.05, 3.63) is 82.9 Å². The van der Waals surface area contributed by atoms with Crippen LogP contribution in [0.25, 0.3) is 0 Å². The van der Waals surface area contributed by atoms with E-state index in [1.165, 1.54) is 23.9 Å². The first kappa shape index (κ1) is 41.3. The quantitative estimate of drug-likeness (QED) is 0.0224. The summed E-state index contributed by atoms with van der Waals surface area (Å²) in [5, 5.41) is 18.7. The number of thioether (sulfide) groups is 1. The van der Waals surface area contributed by atoms with Crippen LogP contribution in [0.5, 0.6) is 0 Å². The number of carbonyl (C=O) groups excluding carboxylic acids is 4. The number of benzene rings is 2. The first-order valence-corrected chi connectivity index (χ1v) is 18.3. The summed E-state index contributed by atoms with van der Waals surface area (Å²) in [6.07, 6.45) is -0.813. The maximum atomic E-state index is 13.6. The van der Waals surface area contributed by atoms with E-state index in [9.17, 15) is 32.1 Å². The van der Waals surface area contributed by atoms with Crippen LogP contribution in [-0.4, -0.2) is 102 Å². The van der Waals surface area contributed by atoms with Gasteiger partial charge in [-0.05, 0) is 35.4 Å². The van der Waals surface area contributed by atoms with E-state index in [0.717, 1.165) is 23.1 Å². The molecule has 2 aromatic carbocycles. The van der Waals surface area contributed by atoms with Crippen molar-refractivity contribution in [2.75, 3.05) is 18.1 Å². The van der Waals surface area contributed by atoms with Crippen LogP contribution in [0.15, 0.2) is 76.4 Å². The topological polar surface area (TPSA) is 260 Å². The number of aromatic nitrogens is 5. The van der Waals surface area contributed by atoms with Gasteiger partial charge in [0.05, 0.1) is 5.75 Å². The van der Waals surface area contributed by atoms with Crippen LogP contribution in [0.2, 0.25) is 0 Å². The molecule has 23 heteroatoms. The van der Waals surface area contributed by atoms with E-state index in [1.807, 2.05) is 12.1 Å². The summed E-state index contributed by atoms with van der Waals surface area (Å²) in [6.45, 7) is 1.99. The summed E-state index contributed by atoms with van der Waals surface area (Å²) in [5.41, 5.74) is 4.71. The number of aryl methyl sites for hydroxylation is 1. The molecule has 0 spiro atoms. The number of anilines is 1. The number of β-lactam (4-membered cyclic amide) rings is 1. The van der Waals surface area contributed by atoms with Crippen LogP contribution in [0.1, 0.15) is 38.2 Å². The van der Waals surface area contributed by atoms with Crippen LogP contribution < -0.4 is 40.6 Å². The van der Waals surface area contributed by atoms with Gasteiger partial charge in [-0.2, -0.15) is 8.42 Å². The Bertz CT molecular complexity index is 2050. The molecule has 276 valence electrons. The van der Waals surface area contributed by atoms with E-state index in [4.69, 9.17) is 20.0 Å². The number of tetrazole rings is 1. The number of nitrogens with two attached hydrogens (primary N) is 1. The standard InChI is InChI=1S/C30H31N9O10S3.Na.H/c1-30(2,27(43)48-24(17-10-6-4-7-11-17)18-12-8-5-9-13-18)49-35-22(19-15-50-28(31)32-19)25(41)33-23-20(39(26(23)42)52(44,45)46)14-47-21(40)16-51-29-34-36-37-38(29)3;;/h4-13,15,20,23-24H,14,16H2,1-3H3,(H2,31,32)(H,33,41)(H,44,45,46);;/q;+1;-1/b35-22-;;. The number of amides is 2. The maximum Gasteiger partial charge on any atom is 1.00 e. The van der Waals surface area contributed by atoms with Gasteiger partial charge in [-0.3, -0.25) is 18.9 Å². The zero-order valence-electron chi connectivity index (χ0n) is 29.6. The molecule has 1 aliphatic heterocycles. The molecule has 19 nitrogen and oxygen atoms in total. The Kier molecular flexibility index (Phi) is 13.7. The van der Waals surface area contributed by atoms with Crippen molar-refractivity contribution in [1.82, 2.24) is 34.8 Å². The van der Waals surface area contributed by atoms with Gasteiger partial charge in [-0.1, -0.05) is 77.6 Å². The number of nitrogens with one attached hydrogen (secondary N) is 1. The molecule has 0 aliphatic carbocycles. The van der Waals surface area contributed by atoms with Crippen molar-refractivity contribution in [1.29, 1.82) is 0 Å². The average molecular weight is 798 g/mol. The average Bonchev–Trinajstić information content (AvgIpc) is 3.73. The number of ether oxygens (including phenoxy) is 2. The molecule has 1 fully saturated rings. The summed E-state index contributed by atoms with van der Waals surface area (Å²) in [4.78, 5) is 62.0. The number of nitrogen functional groups attached to an aromatic ring is 1. The molecule has 2 atom stereocenters. The van der Waals surface area contributed by atoms with Gasteiger partial charge < -0.3 is 26.8 Å². The number of rotatable bonds is 15. The van der Waals surface area contributed by atoms with Gasteiger partial charge in [0, 0.05) is 12.4 Å². The van der Waals surface area contributed by atoms with Gasteiger partial charge in [0.2, 0.25) is 10.8 Å². The fourth-order valence-corrected chi connectivity index (χ4v) is 6.71. The van der Waals surface area contributed by atoms with Crippen molar-refractivity contribution in [3.63, 3.8) is 0 Å². The molecule has 0 bridgehead atoms. The van der Waals surface area contributed by atoms with Crippen LogP contribution in [-0.2, 0) is 50.8 Å². The van der Waals surface area contributed by atoms with Crippen LogP contribution in [0.4, 0.5) is 5.13 Å². The molecule has 1 aliphatic rings. The molecule has 2 aromatic heterocycles. The Labute approximate surface area is 334 Å². The third-order valence-corrected chi connectivity index (χ3v) is 9.89. The predicted octanol–water partition coefficient (Wildman–Crippen LogP) is -1.97. The molecule has 2 amide bonds. The minimum absolute atomic E-state index is 0. The molecule has 4 aromatic rings. The van der Waals surface area contributed by atoms with Crippen molar-refractivity contribution < 1.29 is 77.4 Å². The minimum atomic E-state index is -5.12. The Morgan fingerprint density at radius 1 is 1.13 bits per heavy atom. The molecule has 53 heavy (non-hydrogen) atoms. The Balaban J connectivity index is 0.00000392. The number of nitrogens with zero attached hydrogens (tertiary/aromatic N) is 7. The van der Waals surface area contributed by atoms with Crippen LogP contribution in [0, 0.1) is 0 Å². The van der Waals surface area contributed by atoms with Gasteiger partial charge in [0.1, 0.15) is 24.4 Å². The minimum Gasteiger partial charge on any atom is -1.00 e. The first-order chi connectivity index (χ1) is 24.7. The van der Waals surface area contributed by atoms with Crippen LogP contribution in [0.3, 0.4) is 0 Å². The monoisotopic (exact) mass is 797 g/mol. The second-order valence-corrected chi connectivity index (χ2v) is 14.5. The summed E-state index contributed by atoms with van der Waals surface area (Å²) < 4.78 is 46.0. The SMILES string of the molecule is Cn1nnnc1SCC(=O)OCC1C(NC(=O)/C(=N\OC(C)(C)C(=O)OC(c2ccccc2)c2ccccc2)c2csc(N)n2)C(=O)N1S(=O)(=O)O.[H-].[Na+]. The van der Waals surface area contributed by atoms with E-state index in [-0.39, 0.29) is 51.9 Å². The van der Waals surface area contributed by atoms with Crippen molar-refractivity contribution in [2.24, 2.45) is 12.2 Å². The summed E-state index contributed by atoms with van der Waals surface area (Å²) >= 11 is 1.88. The van der Waals surface area contributed by atoms with E-state index in [1.54, 1.807) is 55.6 Å². The smallest absolute Gasteiger partial charge is 1.00 e. The summed E-state index contributed by atoms with van der Waals surface area (Å²) in [7, 11) is -3.57. The zero-order chi connectivity index (χ0) is 37.6. The normalized spacial score (nSPS) is 16.0. The van der Waals surface area contributed by atoms with E-state index in [0.29, 0.717) is 16.3 Å². The first-order valence-electron chi connectivity index (χ1n) is 15.1. The Hall–Kier alpha value is -4.45. The number of oxime groups is 1. The van der Waals surface area contributed by atoms with Crippen molar-refractivity contribution in [3.8, 4) is 0 Å². The molecule has 2 unspecified atom stereocenters. The number of esters is 2. The number of thiazole rings is 1. The van der Waals surface area contributed by atoms with Crippen molar-refractivity contribution in [2.45, 2.75) is 42.8 Å². The van der Waals surface area contributed by atoms with Crippen LogP contribution >= 0.6 is 23.1 Å². The zero-order valence-corrected chi connectivity index (χ0v) is 33.0. The summed E-state index contributed by atoms with van der Waals surface area (Å²) in [6, 6.07) is 14.8. The second kappa shape index (κ2) is 17.6. The number of hydrogen-bond acceptors (Lipinski definition) is 17. The molecule has 0 radical (unpaired) electrons. The molecule has 3 heterocycles. The van der Waals surface area contributed by atoms with Crippen molar-refractivity contribution >= 4 is 68.0 Å². The predicted molar refractivity (Wildman–Crippen MR) is 185 cm³/mol. The fraction of sp³-hybridized carbons (Fsp3) is 0.300. The molecule has 0 saturated carbocycles. The van der Waals surface area contributed by atoms with Gasteiger partial charge in [-0.25, -0.2) is 18.8 Å². The van der Waals surface area contributed by atoms with E-state index < -0.39 is 70.2 Å². The Morgan fingerprint density at radius 2 is 1.75 bits per heavy atom. The largest absolute Gasteiger partial charge is 1.00 e. The van der Waals surface area contributed by atoms with Gasteiger partial charge >= 0.3 is 51.8 Å². The van der Waals surface area contributed by atoms with Gasteiger partial charge in [0.25, 0.3) is 11.8 Å². The molecule has 4 N–H and O–H groups in total. The molecular formula is C30H32N9NaO10S3. The second-order valence-electron chi connectivity index (χ2n) is 11.4. The number of carbonyl (C=O) groups is 4.